The minimum atomic E-state index is -0.0763. The molecule has 0 saturated heterocycles. The van der Waals surface area contributed by atoms with Gasteiger partial charge in [-0.25, -0.2) is 0 Å². The van der Waals surface area contributed by atoms with Gasteiger partial charge >= 0.3 is 0 Å². The second-order valence-electron chi connectivity index (χ2n) is 5.47. The summed E-state index contributed by atoms with van der Waals surface area (Å²) >= 11 is 0. The fourth-order valence-electron chi connectivity index (χ4n) is 2.40. The van der Waals surface area contributed by atoms with Gasteiger partial charge < -0.3 is 19.7 Å². The molecule has 0 saturated carbocycles. The molecule has 0 fully saturated rings. The lowest BCUT2D eigenvalue weighted by molar-refractivity contribution is -0.116. The van der Waals surface area contributed by atoms with Gasteiger partial charge in [-0.2, -0.15) is 0 Å². The fraction of sp³-hybridized carbons (Fsp3) is 0.526. The van der Waals surface area contributed by atoms with Crippen LogP contribution in [0, 0.1) is 0 Å². The van der Waals surface area contributed by atoms with E-state index in [0.717, 1.165) is 38.0 Å². The quantitative estimate of drug-likeness (QED) is 0.499. The molecule has 0 aliphatic heterocycles. The van der Waals surface area contributed by atoms with Gasteiger partial charge in [-0.05, 0) is 56.2 Å². The minimum absolute atomic E-state index is 0.0763. The van der Waals surface area contributed by atoms with Crippen LogP contribution in [0.4, 0.5) is 0 Å². The maximum atomic E-state index is 11.8. The highest BCUT2D eigenvalue weighted by atomic mass is 16.5. The van der Waals surface area contributed by atoms with Crippen LogP contribution in [0.3, 0.4) is 0 Å². The Labute approximate surface area is 145 Å². The molecule has 1 rings (SSSR count). The van der Waals surface area contributed by atoms with E-state index < -0.39 is 0 Å². The molecule has 0 unspecified atom stereocenters. The minimum Gasteiger partial charge on any atom is -0.493 e. The van der Waals surface area contributed by atoms with E-state index in [1.165, 1.54) is 0 Å². The Kier molecular flexibility index (Phi) is 9.61. The van der Waals surface area contributed by atoms with Crippen molar-refractivity contribution in [2.45, 2.75) is 26.7 Å². The number of unbranched alkanes of at least 4 members (excludes halogenated alkanes) is 1. The van der Waals surface area contributed by atoms with Crippen LogP contribution >= 0.6 is 0 Å². The Hall–Kier alpha value is -2.01. The molecule has 0 bridgehead atoms. The van der Waals surface area contributed by atoms with Crippen LogP contribution in [0.1, 0.15) is 32.3 Å². The van der Waals surface area contributed by atoms with Crippen molar-refractivity contribution in [1.82, 2.24) is 10.2 Å². The van der Waals surface area contributed by atoms with Gasteiger partial charge in [0.15, 0.2) is 11.5 Å². The van der Waals surface area contributed by atoms with Gasteiger partial charge in [-0.1, -0.05) is 19.9 Å². The first-order valence-electron chi connectivity index (χ1n) is 8.54. The Morgan fingerprint density at radius 2 is 1.83 bits per heavy atom. The van der Waals surface area contributed by atoms with E-state index in [9.17, 15) is 4.79 Å². The molecule has 134 valence electrons. The molecule has 0 atom stereocenters. The number of nitrogens with zero attached hydrogens (tertiary/aromatic N) is 1. The van der Waals surface area contributed by atoms with Crippen LogP contribution in [0.5, 0.6) is 11.5 Å². The zero-order chi connectivity index (χ0) is 17.8. The van der Waals surface area contributed by atoms with E-state index in [4.69, 9.17) is 9.47 Å². The predicted octanol–water partition coefficient (Wildman–Crippen LogP) is 2.96. The third kappa shape index (κ3) is 7.04. The van der Waals surface area contributed by atoms with E-state index >= 15 is 0 Å². The van der Waals surface area contributed by atoms with Crippen molar-refractivity contribution in [2.24, 2.45) is 0 Å². The molecule has 5 nitrogen and oxygen atoms in total. The highest BCUT2D eigenvalue weighted by molar-refractivity contribution is 5.91. The van der Waals surface area contributed by atoms with Crippen LogP contribution in [0.2, 0.25) is 0 Å². The van der Waals surface area contributed by atoms with Crippen LogP contribution < -0.4 is 14.8 Å². The molecular formula is C19H30N2O3. The van der Waals surface area contributed by atoms with E-state index in [-0.39, 0.29) is 5.91 Å². The van der Waals surface area contributed by atoms with Crippen molar-refractivity contribution in [1.29, 1.82) is 0 Å². The first-order valence-corrected chi connectivity index (χ1v) is 8.54. The summed E-state index contributed by atoms with van der Waals surface area (Å²) in [6.45, 7) is 8.29. The zero-order valence-electron chi connectivity index (χ0n) is 15.3. The second kappa shape index (κ2) is 11.5. The summed E-state index contributed by atoms with van der Waals surface area (Å²) in [4.78, 5) is 14.2. The van der Waals surface area contributed by atoms with Gasteiger partial charge in [0, 0.05) is 12.6 Å². The standard InChI is InChI=1S/C19H30N2O3/c1-5-21(6-2)14-8-7-13-20-19(22)12-10-16-9-11-17(23-3)18(15-16)24-4/h9-12,15H,5-8,13-14H2,1-4H3,(H,20,22)/b12-10+. The molecule has 0 aromatic heterocycles. The zero-order valence-corrected chi connectivity index (χ0v) is 15.3. The molecule has 0 aliphatic carbocycles. The lowest BCUT2D eigenvalue weighted by Crippen LogP contribution is -2.26. The van der Waals surface area contributed by atoms with E-state index in [1.54, 1.807) is 26.4 Å². The smallest absolute Gasteiger partial charge is 0.243 e. The summed E-state index contributed by atoms with van der Waals surface area (Å²) in [5.41, 5.74) is 0.893. The van der Waals surface area contributed by atoms with E-state index in [2.05, 4.69) is 24.1 Å². The summed E-state index contributed by atoms with van der Waals surface area (Å²) in [7, 11) is 3.19. The van der Waals surface area contributed by atoms with Crippen LogP contribution in [0.25, 0.3) is 6.08 Å². The number of carbonyl (C=O) groups is 1. The molecule has 0 heterocycles. The van der Waals surface area contributed by atoms with Crippen molar-refractivity contribution in [2.75, 3.05) is 40.4 Å². The van der Waals surface area contributed by atoms with E-state index in [1.807, 2.05) is 18.2 Å². The first kappa shape index (κ1) is 20.0. The number of ether oxygens (including phenoxy) is 2. The number of hydrogen-bond acceptors (Lipinski definition) is 4. The second-order valence-corrected chi connectivity index (χ2v) is 5.47. The van der Waals surface area contributed by atoms with Gasteiger partial charge in [-0.3, -0.25) is 4.79 Å². The number of methoxy groups -OCH3 is 2. The van der Waals surface area contributed by atoms with Crippen molar-refractivity contribution in [3.05, 3.63) is 29.8 Å². The molecule has 1 amide bonds. The van der Waals surface area contributed by atoms with Crippen LogP contribution in [-0.2, 0) is 4.79 Å². The molecule has 1 aromatic rings. The number of hydrogen-bond donors (Lipinski definition) is 1. The van der Waals surface area contributed by atoms with Crippen molar-refractivity contribution < 1.29 is 14.3 Å². The lowest BCUT2D eigenvalue weighted by Gasteiger charge is -2.17. The van der Waals surface area contributed by atoms with Crippen LogP contribution in [0.15, 0.2) is 24.3 Å². The maximum Gasteiger partial charge on any atom is 0.243 e. The van der Waals surface area contributed by atoms with Crippen LogP contribution in [-0.4, -0.2) is 51.2 Å². The van der Waals surface area contributed by atoms with Crippen molar-refractivity contribution in [3.8, 4) is 11.5 Å². The Bertz CT molecular complexity index is 525. The third-order valence-corrected chi connectivity index (χ3v) is 3.93. The van der Waals surface area contributed by atoms with Crippen molar-refractivity contribution >= 4 is 12.0 Å². The summed E-state index contributed by atoms with van der Waals surface area (Å²) < 4.78 is 10.4. The third-order valence-electron chi connectivity index (χ3n) is 3.93. The van der Waals surface area contributed by atoms with Crippen molar-refractivity contribution in [3.63, 3.8) is 0 Å². The molecule has 5 heteroatoms. The summed E-state index contributed by atoms with van der Waals surface area (Å²) in [5, 5.41) is 2.91. The Balaban J connectivity index is 2.35. The molecule has 1 aromatic carbocycles. The Morgan fingerprint density at radius 3 is 2.46 bits per heavy atom. The normalized spacial score (nSPS) is 11.0. The number of carbonyl (C=O) groups excluding carboxylic acids is 1. The average molecular weight is 334 g/mol. The summed E-state index contributed by atoms with van der Waals surface area (Å²) in [6.07, 6.45) is 5.41. The number of nitrogens with one attached hydrogen (secondary N) is 1. The highest BCUT2D eigenvalue weighted by Crippen LogP contribution is 2.27. The van der Waals surface area contributed by atoms with Gasteiger partial charge in [0.25, 0.3) is 0 Å². The largest absolute Gasteiger partial charge is 0.493 e. The number of rotatable bonds is 11. The van der Waals surface area contributed by atoms with E-state index in [0.29, 0.717) is 18.0 Å². The molecule has 1 N–H and O–H groups in total. The number of benzene rings is 1. The summed E-state index contributed by atoms with van der Waals surface area (Å²) in [6, 6.07) is 5.55. The molecular weight excluding hydrogens is 304 g/mol. The topological polar surface area (TPSA) is 50.8 Å². The lowest BCUT2D eigenvalue weighted by atomic mass is 10.2. The predicted molar refractivity (Wildman–Crippen MR) is 98.6 cm³/mol. The fourth-order valence-corrected chi connectivity index (χ4v) is 2.40. The van der Waals surface area contributed by atoms with Gasteiger partial charge in [0.1, 0.15) is 0 Å². The summed E-state index contributed by atoms with van der Waals surface area (Å²) in [5.74, 6) is 1.25. The molecule has 24 heavy (non-hydrogen) atoms. The van der Waals surface area contributed by atoms with Gasteiger partial charge in [0.2, 0.25) is 5.91 Å². The van der Waals surface area contributed by atoms with Gasteiger partial charge in [0.05, 0.1) is 14.2 Å². The molecule has 0 spiro atoms. The Morgan fingerprint density at radius 1 is 1.12 bits per heavy atom. The highest BCUT2D eigenvalue weighted by Gasteiger charge is 2.03. The monoisotopic (exact) mass is 334 g/mol. The average Bonchev–Trinajstić information content (AvgIpc) is 2.62. The molecule has 0 radical (unpaired) electrons. The number of amides is 1. The molecule has 0 aliphatic rings. The van der Waals surface area contributed by atoms with Gasteiger partial charge in [-0.15, -0.1) is 0 Å². The SMILES string of the molecule is CCN(CC)CCCCNC(=O)/C=C/c1ccc(OC)c(OC)c1. The first-order chi connectivity index (χ1) is 11.6. The maximum absolute atomic E-state index is 11.8.